The van der Waals surface area contributed by atoms with E-state index in [1.165, 1.54) is 0 Å². The summed E-state index contributed by atoms with van der Waals surface area (Å²) in [4.78, 5) is 24.2. The van der Waals surface area contributed by atoms with Gasteiger partial charge in [0.25, 0.3) is 5.91 Å². The Balaban J connectivity index is 2.02. The molecule has 0 aromatic heterocycles. The maximum absolute atomic E-state index is 12.4. The molecule has 0 aliphatic rings. The maximum atomic E-state index is 12.4. The Morgan fingerprint density at radius 1 is 1.00 bits per heavy atom. The fourth-order valence-electron chi connectivity index (χ4n) is 2.33. The topological polar surface area (TPSA) is 67.4 Å². The lowest BCUT2D eigenvalue weighted by atomic mass is 10.1. The van der Waals surface area contributed by atoms with E-state index in [-0.39, 0.29) is 11.8 Å². The van der Waals surface area contributed by atoms with Gasteiger partial charge >= 0.3 is 0 Å². The van der Waals surface area contributed by atoms with Crippen LogP contribution in [0.15, 0.2) is 48.5 Å². The second-order valence-corrected chi connectivity index (χ2v) is 6.11. The predicted molar refractivity (Wildman–Crippen MR) is 100 cm³/mol. The minimum Gasteiger partial charge on any atom is -0.492 e. The van der Waals surface area contributed by atoms with Crippen LogP contribution in [0.3, 0.4) is 0 Å². The van der Waals surface area contributed by atoms with Crippen LogP contribution in [-0.4, -0.2) is 18.4 Å². The highest BCUT2D eigenvalue weighted by Crippen LogP contribution is 2.24. The van der Waals surface area contributed by atoms with Crippen molar-refractivity contribution >= 4 is 23.2 Å². The van der Waals surface area contributed by atoms with Crippen molar-refractivity contribution in [3.63, 3.8) is 0 Å². The Kier molecular flexibility index (Phi) is 6.57. The molecule has 2 aromatic carbocycles. The van der Waals surface area contributed by atoms with E-state index in [2.05, 4.69) is 10.6 Å². The van der Waals surface area contributed by atoms with Crippen LogP contribution in [0.4, 0.5) is 11.4 Å². The van der Waals surface area contributed by atoms with Gasteiger partial charge in [0.05, 0.1) is 12.3 Å². The SMILES string of the molecule is CCOc1ccccc1NC(=O)c1ccc(NC(=O)CC(C)C)cc1. The number of ether oxygens (including phenoxy) is 1. The molecule has 0 aliphatic carbocycles. The summed E-state index contributed by atoms with van der Waals surface area (Å²) in [5, 5.41) is 5.67. The molecule has 0 aliphatic heterocycles. The monoisotopic (exact) mass is 340 g/mol. The van der Waals surface area contributed by atoms with Gasteiger partial charge in [0, 0.05) is 17.7 Å². The number of amides is 2. The molecule has 2 N–H and O–H groups in total. The highest BCUT2D eigenvalue weighted by atomic mass is 16.5. The summed E-state index contributed by atoms with van der Waals surface area (Å²) < 4.78 is 5.51. The maximum Gasteiger partial charge on any atom is 0.255 e. The average Bonchev–Trinajstić information content (AvgIpc) is 2.56. The standard InChI is InChI=1S/C20H24N2O3/c1-4-25-18-8-6-5-7-17(18)22-20(24)15-9-11-16(12-10-15)21-19(23)13-14(2)3/h5-12,14H,4,13H2,1-3H3,(H,21,23)(H,22,24). The van der Waals surface area contributed by atoms with E-state index in [9.17, 15) is 9.59 Å². The number of para-hydroxylation sites is 2. The molecule has 0 saturated heterocycles. The summed E-state index contributed by atoms with van der Waals surface area (Å²) in [5.41, 5.74) is 1.81. The van der Waals surface area contributed by atoms with E-state index < -0.39 is 0 Å². The quantitative estimate of drug-likeness (QED) is 0.788. The molecule has 0 spiro atoms. The molecule has 2 aromatic rings. The molecule has 5 heteroatoms. The number of anilines is 2. The van der Waals surface area contributed by atoms with Gasteiger partial charge in [0.2, 0.25) is 5.91 Å². The van der Waals surface area contributed by atoms with Gasteiger partial charge in [-0.1, -0.05) is 26.0 Å². The Morgan fingerprint density at radius 3 is 2.32 bits per heavy atom. The largest absolute Gasteiger partial charge is 0.492 e. The number of hydrogen-bond acceptors (Lipinski definition) is 3. The molecule has 0 atom stereocenters. The fourth-order valence-corrected chi connectivity index (χ4v) is 2.33. The van der Waals surface area contributed by atoms with Crippen molar-refractivity contribution in [1.82, 2.24) is 0 Å². The first kappa shape index (κ1) is 18.5. The van der Waals surface area contributed by atoms with Crippen LogP contribution in [-0.2, 0) is 4.79 Å². The number of rotatable bonds is 7. The Labute approximate surface area is 148 Å². The van der Waals surface area contributed by atoms with Gasteiger partial charge in [-0.3, -0.25) is 9.59 Å². The van der Waals surface area contributed by atoms with Crippen LogP contribution in [0.5, 0.6) is 5.75 Å². The van der Waals surface area contributed by atoms with Crippen LogP contribution in [0, 0.1) is 5.92 Å². The average molecular weight is 340 g/mol. The van der Waals surface area contributed by atoms with Crippen molar-refractivity contribution in [2.45, 2.75) is 27.2 Å². The first-order valence-corrected chi connectivity index (χ1v) is 8.42. The van der Waals surface area contributed by atoms with Crippen LogP contribution < -0.4 is 15.4 Å². The van der Waals surface area contributed by atoms with Crippen molar-refractivity contribution in [3.05, 3.63) is 54.1 Å². The van der Waals surface area contributed by atoms with Gasteiger partial charge in [-0.25, -0.2) is 0 Å². The zero-order valence-electron chi connectivity index (χ0n) is 14.8. The third kappa shape index (κ3) is 5.64. The molecular formula is C20H24N2O3. The highest BCUT2D eigenvalue weighted by molar-refractivity contribution is 6.05. The molecular weight excluding hydrogens is 316 g/mol. The Hall–Kier alpha value is -2.82. The normalized spacial score (nSPS) is 10.4. The molecule has 25 heavy (non-hydrogen) atoms. The van der Waals surface area contributed by atoms with E-state index in [4.69, 9.17) is 4.74 Å². The molecule has 2 rings (SSSR count). The summed E-state index contributed by atoms with van der Waals surface area (Å²) in [6.07, 6.45) is 0.469. The van der Waals surface area contributed by atoms with E-state index >= 15 is 0 Å². The summed E-state index contributed by atoms with van der Waals surface area (Å²) in [6.45, 7) is 6.41. The van der Waals surface area contributed by atoms with Gasteiger partial charge in [0.15, 0.2) is 0 Å². The second-order valence-electron chi connectivity index (χ2n) is 6.11. The molecule has 0 bridgehead atoms. The zero-order chi connectivity index (χ0) is 18.2. The van der Waals surface area contributed by atoms with Crippen LogP contribution in [0.25, 0.3) is 0 Å². The number of nitrogens with one attached hydrogen (secondary N) is 2. The molecule has 0 radical (unpaired) electrons. The fraction of sp³-hybridized carbons (Fsp3) is 0.300. The van der Waals surface area contributed by atoms with Gasteiger partial charge in [-0.2, -0.15) is 0 Å². The highest BCUT2D eigenvalue weighted by Gasteiger charge is 2.10. The zero-order valence-corrected chi connectivity index (χ0v) is 14.8. The van der Waals surface area contributed by atoms with Crippen molar-refractivity contribution in [2.24, 2.45) is 5.92 Å². The van der Waals surface area contributed by atoms with Gasteiger partial charge < -0.3 is 15.4 Å². The minimum absolute atomic E-state index is 0.0298. The number of hydrogen-bond donors (Lipinski definition) is 2. The van der Waals surface area contributed by atoms with E-state index in [0.29, 0.717) is 41.6 Å². The number of carbonyl (C=O) groups excluding carboxylic acids is 2. The van der Waals surface area contributed by atoms with Gasteiger partial charge in [-0.15, -0.1) is 0 Å². The van der Waals surface area contributed by atoms with Gasteiger partial charge in [-0.05, 0) is 49.2 Å². The lowest BCUT2D eigenvalue weighted by Crippen LogP contribution is -2.15. The Morgan fingerprint density at radius 2 is 1.68 bits per heavy atom. The molecule has 0 heterocycles. The summed E-state index contributed by atoms with van der Waals surface area (Å²) in [5.74, 6) is 0.677. The first-order chi connectivity index (χ1) is 12.0. The Bertz CT molecular complexity index is 724. The predicted octanol–water partition coefficient (Wildman–Crippen LogP) is 4.32. The van der Waals surface area contributed by atoms with Crippen LogP contribution in [0.2, 0.25) is 0 Å². The van der Waals surface area contributed by atoms with Crippen LogP contribution in [0.1, 0.15) is 37.6 Å². The lowest BCUT2D eigenvalue weighted by molar-refractivity contribution is -0.116. The number of carbonyl (C=O) groups is 2. The van der Waals surface area contributed by atoms with Crippen molar-refractivity contribution in [1.29, 1.82) is 0 Å². The van der Waals surface area contributed by atoms with Crippen molar-refractivity contribution in [2.75, 3.05) is 17.2 Å². The smallest absolute Gasteiger partial charge is 0.255 e. The second kappa shape index (κ2) is 8.87. The summed E-state index contributed by atoms with van der Waals surface area (Å²) in [6, 6.07) is 14.1. The van der Waals surface area contributed by atoms with Crippen molar-refractivity contribution < 1.29 is 14.3 Å². The summed E-state index contributed by atoms with van der Waals surface area (Å²) >= 11 is 0. The van der Waals surface area contributed by atoms with Gasteiger partial charge in [0.1, 0.15) is 5.75 Å². The van der Waals surface area contributed by atoms with Crippen molar-refractivity contribution in [3.8, 4) is 5.75 Å². The molecule has 0 unspecified atom stereocenters. The first-order valence-electron chi connectivity index (χ1n) is 8.42. The third-order valence-corrected chi connectivity index (χ3v) is 3.46. The molecule has 0 fully saturated rings. The molecule has 0 saturated carbocycles. The molecule has 132 valence electrons. The minimum atomic E-state index is -0.229. The lowest BCUT2D eigenvalue weighted by Gasteiger charge is -2.12. The molecule has 2 amide bonds. The van der Waals surface area contributed by atoms with E-state index in [0.717, 1.165) is 0 Å². The summed E-state index contributed by atoms with van der Waals surface area (Å²) in [7, 11) is 0. The van der Waals surface area contributed by atoms with E-state index in [1.54, 1.807) is 30.3 Å². The third-order valence-electron chi connectivity index (χ3n) is 3.46. The van der Waals surface area contributed by atoms with E-state index in [1.807, 2.05) is 39.0 Å². The number of benzene rings is 2. The van der Waals surface area contributed by atoms with Crippen LogP contribution >= 0.6 is 0 Å². The molecule has 5 nitrogen and oxygen atoms in total.